The largest absolute Gasteiger partial charge is 0.383 e. The van der Waals surface area contributed by atoms with Gasteiger partial charge in [0.05, 0.1) is 31.1 Å². The fourth-order valence-corrected chi connectivity index (χ4v) is 2.95. The van der Waals surface area contributed by atoms with E-state index >= 15 is 0 Å². The molecule has 7 nitrogen and oxygen atoms in total. The van der Waals surface area contributed by atoms with E-state index in [0.717, 1.165) is 16.6 Å². The number of H-pyrrole nitrogens is 1. The number of hydrogen-bond donors (Lipinski definition) is 2. The number of nitrogens with zero attached hydrogens (tertiary/aromatic N) is 2. The molecule has 1 aromatic heterocycles. The van der Waals surface area contributed by atoms with Gasteiger partial charge in [0, 0.05) is 31.7 Å². The van der Waals surface area contributed by atoms with Gasteiger partial charge in [-0.25, -0.2) is 4.99 Å². The van der Waals surface area contributed by atoms with Crippen LogP contribution in [0.1, 0.15) is 12.6 Å². The maximum absolute atomic E-state index is 12.9. The summed E-state index contributed by atoms with van der Waals surface area (Å²) in [6, 6.07) is 10.0. The Kier molecular flexibility index (Phi) is 5.70. The Hall–Kier alpha value is -2.64. The smallest absolute Gasteiger partial charge is 0.280 e. The summed E-state index contributed by atoms with van der Waals surface area (Å²) in [6.07, 6.45) is 0. The number of rotatable bonds is 8. The number of methoxy groups -OCH3 is 2. The molecule has 1 aliphatic rings. The fourth-order valence-electron chi connectivity index (χ4n) is 2.95. The highest BCUT2D eigenvalue weighted by atomic mass is 16.5. The van der Waals surface area contributed by atoms with Gasteiger partial charge in [-0.15, -0.1) is 0 Å². The second-order valence-electron chi connectivity index (χ2n) is 6.02. The van der Waals surface area contributed by atoms with Crippen molar-refractivity contribution in [2.75, 3.05) is 40.5 Å². The lowest BCUT2D eigenvalue weighted by Crippen LogP contribution is -2.34. The normalized spacial score (nSPS) is 16.3. The molecular formula is C19H24N4O3. The lowest BCUT2D eigenvalue weighted by Gasteiger charge is -2.16. The van der Waals surface area contributed by atoms with Crippen molar-refractivity contribution in [3.63, 3.8) is 0 Å². The first-order valence-corrected chi connectivity index (χ1v) is 8.57. The molecule has 0 fully saturated rings. The second kappa shape index (κ2) is 8.16. The summed E-state index contributed by atoms with van der Waals surface area (Å²) in [7, 11) is 3.26. The molecule has 0 atom stereocenters. The number of fused-ring (bicyclic) bond motifs is 1. The second-order valence-corrected chi connectivity index (χ2v) is 6.02. The number of nitrogens with one attached hydrogen (secondary N) is 2. The van der Waals surface area contributed by atoms with Crippen LogP contribution in [0.5, 0.6) is 0 Å². The predicted molar refractivity (Wildman–Crippen MR) is 102 cm³/mol. The number of ether oxygens (including phenoxy) is 2. The number of benzene rings is 1. The zero-order chi connectivity index (χ0) is 18.5. The van der Waals surface area contributed by atoms with E-state index in [1.165, 1.54) is 0 Å². The van der Waals surface area contributed by atoms with Crippen molar-refractivity contribution in [1.82, 2.24) is 15.2 Å². The molecule has 2 aromatic rings. The summed E-state index contributed by atoms with van der Waals surface area (Å²) in [6.45, 7) is 3.88. The van der Waals surface area contributed by atoms with Crippen molar-refractivity contribution in [3.05, 3.63) is 41.7 Å². The number of aromatic nitrogens is 1. The van der Waals surface area contributed by atoms with Crippen LogP contribution in [0.15, 0.2) is 41.0 Å². The van der Waals surface area contributed by atoms with Crippen LogP contribution in [0.3, 0.4) is 0 Å². The van der Waals surface area contributed by atoms with Crippen LogP contribution in [0.2, 0.25) is 0 Å². The van der Waals surface area contributed by atoms with Crippen molar-refractivity contribution < 1.29 is 14.3 Å². The van der Waals surface area contributed by atoms with E-state index in [9.17, 15) is 4.79 Å². The Morgan fingerprint density at radius 3 is 2.73 bits per heavy atom. The average Bonchev–Trinajstić information content (AvgIpc) is 3.18. The van der Waals surface area contributed by atoms with E-state index in [1.54, 1.807) is 19.1 Å². The van der Waals surface area contributed by atoms with Crippen molar-refractivity contribution in [2.24, 2.45) is 4.99 Å². The molecule has 1 aromatic carbocycles. The first kappa shape index (κ1) is 18.2. The zero-order valence-corrected chi connectivity index (χ0v) is 15.3. The summed E-state index contributed by atoms with van der Waals surface area (Å²) >= 11 is 0. The maximum Gasteiger partial charge on any atom is 0.280 e. The number of carbonyl (C=O) groups is 1. The summed E-state index contributed by atoms with van der Waals surface area (Å²) in [5.41, 5.74) is 2.93. The van der Waals surface area contributed by atoms with Crippen LogP contribution in [-0.4, -0.2) is 62.1 Å². The molecule has 0 radical (unpaired) electrons. The topological polar surface area (TPSA) is 79.0 Å². The third kappa shape index (κ3) is 3.63. The summed E-state index contributed by atoms with van der Waals surface area (Å²) in [5, 5.41) is 4.39. The van der Waals surface area contributed by atoms with Gasteiger partial charge < -0.3 is 19.8 Å². The minimum absolute atomic E-state index is 0.127. The zero-order valence-electron chi connectivity index (χ0n) is 15.3. The van der Waals surface area contributed by atoms with Gasteiger partial charge in [0.1, 0.15) is 5.84 Å². The highest BCUT2D eigenvalue weighted by Gasteiger charge is 2.30. The first-order chi connectivity index (χ1) is 12.7. The molecular weight excluding hydrogens is 332 g/mol. The molecule has 0 unspecified atom stereocenters. The number of hydrogen-bond acceptors (Lipinski definition) is 5. The first-order valence-electron chi connectivity index (χ1n) is 8.57. The lowest BCUT2D eigenvalue weighted by molar-refractivity contribution is -0.123. The van der Waals surface area contributed by atoms with Crippen LogP contribution < -0.4 is 5.32 Å². The van der Waals surface area contributed by atoms with Crippen molar-refractivity contribution in [1.29, 1.82) is 0 Å². The van der Waals surface area contributed by atoms with E-state index < -0.39 is 0 Å². The Balaban J connectivity index is 2.00. The van der Waals surface area contributed by atoms with E-state index in [0.29, 0.717) is 43.5 Å². The lowest BCUT2D eigenvalue weighted by atomic mass is 10.2. The molecule has 26 heavy (non-hydrogen) atoms. The standard InChI is InChI=1S/C19H24N4O3/c1-13-21-18(19(24)23(13)9-11-26-3)17(20-8-10-25-2)16-12-14-6-4-5-7-15(14)22-16/h4-7,12,20,22H,8-11H2,1-3H3/b18-17+. The minimum Gasteiger partial charge on any atom is -0.383 e. The van der Waals surface area contributed by atoms with Crippen LogP contribution >= 0.6 is 0 Å². The number of aromatic amines is 1. The Morgan fingerprint density at radius 1 is 1.23 bits per heavy atom. The van der Waals surface area contributed by atoms with Gasteiger partial charge >= 0.3 is 0 Å². The monoisotopic (exact) mass is 356 g/mol. The van der Waals surface area contributed by atoms with Crippen LogP contribution in [0, 0.1) is 0 Å². The van der Waals surface area contributed by atoms with E-state index in [2.05, 4.69) is 15.3 Å². The van der Waals surface area contributed by atoms with Crippen molar-refractivity contribution >= 4 is 28.3 Å². The molecule has 0 aliphatic carbocycles. The highest BCUT2D eigenvalue weighted by molar-refractivity contribution is 6.15. The van der Waals surface area contributed by atoms with E-state index in [-0.39, 0.29) is 5.91 Å². The number of amides is 1. The molecule has 1 amide bonds. The van der Waals surface area contributed by atoms with Gasteiger partial charge in [-0.1, -0.05) is 18.2 Å². The van der Waals surface area contributed by atoms with Crippen molar-refractivity contribution in [2.45, 2.75) is 6.92 Å². The van der Waals surface area contributed by atoms with Gasteiger partial charge in [0.15, 0.2) is 5.70 Å². The van der Waals surface area contributed by atoms with Crippen LogP contribution in [0.4, 0.5) is 0 Å². The van der Waals surface area contributed by atoms with Crippen LogP contribution in [0.25, 0.3) is 16.6 Å². The van der Waals surface area contributed by atoms with Crippen molar-refractivity contribution in [3.8, 4) is 0 Å². The molecule has 0 saturated heterocycles. The third-order valence-corrected chi connectivity index (χ3v) is 4.28. The molecule has 0 bridgehead atoms. The Labute approximate surface area is 152 Å². The van der Waals surface area contributed by atoms with E-state index in [4.69, 9.17) is 9.47 Å². The van der Waals surface area contributed by atoms with Gasteiger partial charge in [0.25, 0.3) is 5.91 Å². The number of aliphatic imine (C=N–C) groups is 1. The minimum atomic E-state index is -0.127. The number of carbonyl (C=O) groups excluding carboxylic acids is 1. The van der Waals surface area contributed by atoms with E-state index in [1.807, 2.05) is 37.3 Å². The van der Waals surface area contributed by atoms with Gasteiger partial charge in [-0.05, 0) is 19.1 Å². The van der Waals surface area contributed by atoms with Gasteiger partial charge in [-0.2, -0.15) is 0 Å². The summed E-state index contributed by atoms with van der Waals surface area (Å²) in [5.74, 6) is 0.544. The molecule has 0 spiro atoms. The third-order valence-electron chi connectivity index (χ3n) is 4.28. The molecule has 138 valence electrons. The van der Waals surface area contributed by atoms with Gasteiger partial charge in [-0.3, -0.25) is 9.69 Å². The number of amidine groups is 1. The highest BCUT2D eigenvalue weighted by Crippen LogP contribution is 2.26. The Bertz CT molecular complexity index is 820. The summed E-state index contributed by atoms with van der Waals surface area (Å²) < 4.78 is 10.2. The van der Waals surface area contributed by atoms with Crippen LogP contribution in [-0.2, 0) is 14.3 Å². The molecule has 1 aliphatic heterocycles. The molecule has 2 N–H and O–H groups in total. The van der Waals surface area contributed by atoms with Gasteiger partial charge in [0.2, 0.25) is 0 Å². The maximum atomic E-state index is 12.9. The SMILES string of the molecule is COCCN/C(=C1/N=C(C)N(CCOC)C1=O)c1cc2ccccc2[nH]1. The fraction of sp³-hybridized carbons (Fsp3) is 0.368. The average molecular weight is 356 g/mol. The molecule has 3 rings (SSSR count). The molecule has 7 heteroatoms. The summed E-state index contributed by atoms with van der Waals surface area (Å²) in [4.78, 5) is 22.4. The number of para-hydroxylation sites is 1. The molecule has 2 heterocycles. The Morgan fingerprint density at radius 2 is 2.00 bits per heavy atom. The predicted octanol–water partition coefficient (Wildman–Crippen LogP) is 1.98. The quantitative estimate of drug-likeness (QED) is 0.560. The molecule has 0 saturated carbocycles.